The van der Waals surface area contributed by atoms with E-state index in [0.29, 0.717) is 6.54 Å². The highest BCUT2D eigenvalue weighted by Gasteiger charge is 2.07. The number of aryl methyl sites for hydroxylation is 1. The number of ether oxygens (including phenoxy) is 1. The SMILES string of the molecule is CC.COC(=O)CCn1c(=O)[nH]c2ccccc21. The smallest absolute Gasteiger partial charge is 0.326 e. The first-order valence-corrected chi connectivity index (χ1v) is 5.96. The van der Waals surface area contributed by atoms with Crippen molar-refractivity contribution in [3.63, 3.8) is 0 Å². The third-order valence-electron chi connectivity index (χ3n) is 2.45. The van der Waals surface area contributed by atoms with Gasteiger partial charge in [-0.15, -0.1) is 0 Å². The van der Waals surface area contributed by atoms with Gasteiger partial charge < -0.3 is 9.72 Å². The summed E-state index contributed by atoms with van der Waals surface area (Å²) >= 11 is 0. The number of aromatic amines is 1. The lowest BCUT2D eigenvalue weighted by atomic mass is 10.3. The first-order valence-electron chi connectivity index (χ1n) is 5.96. The second kappa shape index (κ2) is 6.64. The Kier molecular flexibility index (Phi) is 5.17. The highest BCUT2D eigenvalue weighted by atomic mass is 16.5. The van der Waals surface area contributed by atoms with Gasteiger partial charge in [-0.1, -0.05) is 26.0 Å². The maximum Gasteiger partial charge on any atom is 0.326 e. The predicted molar refractivity (Wildman–Crippen MR) is 70.5 cm³/mol. The van der Waals surface area contributed by atoms with E-state index < -0.39 is 0 Å². The van der Waals surface area contributed by atoms with Crippen LogP contribution in [0, 0.1) is 0 Å². The van der Waals surface area contributed by atoms with E-state index in [4.69, 9.17) is 0 Å². The second-order valence-electron chi connectivity index (χ2n) is 3.43. The second-order valence-corrected chi connectivity index (χ2v) is 3.43. The van der Waals surface area contributed by atoms with E-state index in [2.05, 4.69) is 9.72 Å². The van der Waals surface area contributed by atoms with Crippen LogP contribution >= 0.6 is 0 Å². The van der Waals surface area contributed by atoms with E-state index in [1.165, 1.54) is 11.7 Å². The number of aromatic nitrogens is 2. The number of hydrogen-bond acceptors (Lipinski definition) is 3. The fraction of sp³-hybridized carbons (Fsp3) is 0.385. The zero-order chi connectivity index (χ0) is 13.5. The maximum absolute atomic E-state index is 11.6. The molecule has 0 fully saturated rings. The topological polar surface area (TPSA) is 64.1 Å². The number of imidazole rings is 1. The van der Waals surface area contributed by atoms with Crippen LogP contribution in [0.1, 0.15) is 20.3 Å². The molecule has 0 saturated heterocycles. The summed E-state index contributed by atoms with van der Waals surface area (Å²) in [5, 5.41) is 0. The van der Waals surface area contributed by atoms with Crippen LogP contribution in [0.15, 0.2) is 29.1 Å². The first-order chi connectivity index (χ1) is 8.72. The zero-order valence-electron chi connectivity index (χ0n) is 10.9. The fourth-order valence-electron chi connectivity index (χ4n) is 1.63. The molecule has 0 aliphatic carbocycles. The normalized spacial score (nSPS) is 9.72. The molecule has 5 heteroatoms. The quantitative estimate of drug-likeness (QED) is 0.846. The molecule has 2 aromatic rings. The Morgan fingerprint density at radius 1 is 1.33 bits per heavy atom. The number of methoxy groups -OCH3 is 1. The van der Waals surface area contributed by atoms with Gasteiger partial charge in [0.2, 0.25) is 0 Å². The standard InChI is InChI=1S/C11H12N2O3.C2H6/c1-16-10(14)6-7-13-9-5-3-2-4-8(9)12-11(13)15;1-2/h2-5H,6-7H2,1H3,(H,12,15);1-2H3. The fourth-order valence-corrected chi connectivity index (χ4v) is 1.63. The third-order valence-corrected chi connectivity index (χ3v) is 2.45. The van der Waals surface area contributed by atoms with E-state index >= 15 is 0 Å². The number of hydrogen-bond donors (Lipinski definition) is 1. The number of nitrogens with one attached hydrogen (secondary N) is 1. The summed E-state index contributed by atoms with van der Waals surface area (Å²) in [5.74, 6) is -0.322. The number of carbonyl (C=O) groups is 1. The van der Waals surface area contributed by atoms with Crippen LogP contribution in [0.5, 0.6) is 0 Å². The van der Waals surface area contributed by atoms with Crippen molar-refractivity contribution in [2.45, 2.75) is 26.8 Å². The van der Waals surface area contributed by atoms with E-state index in [0.717, 1.165) is 11.0 Å². The summed E-state index contributed by atoms with van der Waals surface area (Å²) in [4.78, 5) is 25.3. The Morgan fingerprint density at radius 2 is 2.00 bits per heavy atom. The number of esters is 1. The molecule has 1 N–H and O–H groups in total. The van der Waals surface area contributed by atoms with Crippen LogP contribution in [-0.2, 0) is 16.1 Å². The largest absolute Gasteiger partial charge is 0.469 e. The number of carbonyl (C=O) groups excluding carboxylic acids is 1. The van der Waals surface area contributed by atoms with E-state index in [-0.39, 0.29) is 18.1 Å². The van der Waals surface area contributed by atoms with Crippen molar-refractivity contribution in [2.75, 3.05) is 7.11 Å². The van der Waals surface area contributed by atoms with Gasteiger partial charge in [0.1, 0.15) is 0 Å². The average Bonchev–Trinajstić information content (AvgIpc) is 2.74. The molecule has 18 heavy (non-hydrogen) atoms. The zero-order valence-corrected chi connectivity index (χ0v) is 10.9. The summed E-state index contributed by atoms with van der Waals surface area (Å²) < 4.78 is 6.07. The predicted octanol–water partition coefficient (Wildman–Crippen LogP) is 1.92. The van der Waals surface area contributed by atoms with Gasteiger partial charge in [0.05, 0.1) is 24.6 Å². The Bertz CT molecular complexity index is 569. The first kappa shape index (κ1) is 14.0. The van der Waals surface area contributed by atoms with Crippen LogP contribution < -0.4 is 5.69 Å². The van der Waals surface area contributed by atoms with Crippen LogP contribution in [0.4, 0.5) is 0 Å². The molecule has 0 atom stereocenters. The molecule has 98 valence electrons. The van der Waals surface area contributed by atoms with E-state index in [1.807, 2.05) is 38.1 Å². The maximum atomic E-state index is 11.6. The number of H-pyrrole nitrogens is 1. The van der Waals surface area contributed by atoms with E-state index in [1.54, 1.807) is 0 Å². The molecule has 0 amide bonds. The summed E-state index contributed by atoms with van der Waals surface area (Å²) in [7, 11) is 1.33. The lowest BCUT2D eigenvalue weighted by Crippen LogP contribution is -2.18. The van der Waals surface area contributed by atoms with Crippen molar-refractivity contribution in [1.82, 2.24) is 9.55 Å². The van der Waals surface area contributed by atoms with Crippen molar-refractivity contribution >= 4 is 17.0 Å². The Morgan fingerprint density at radius 3 is 2.67 bits per heavy atom. The molecule has 0 aliphatic rings. The van der Waals surface area contributed by atoms with Gasteiger partial charge in [-0.25, -0.2) is 4.79 Å². The molecular formula is C13H18N2O3. The Hall–Kier alpha value is -2.04. The van der Waals surface area contributed by atoms with Crippen LogP contribution in [-0.4, -0.2) is 22.6 Å². The van der Waals surface area contributed by atoms with Gasteiger partial charge in [0.15, 0.2) is 0 Å². The minimum atomic E-state index is -0.322. The van der Waals surface area contributed by atoms with E-state index in [9.17, 15) is 9.59 Å². The highest BCUT2D eigenvalue weighted by molar-refractivity contribution is 5.75. The van der Waals surface area contributed by atoms with Gasteiger partial charge in [0.25, 0.3) is 0 Å². The van der Waals surface area contributed by atoms with Gasteiger partial charge in [-0.05, 0) is 12.1 Å². The highest BCUT2D eigenvalue weighted by Crippen LogP contribution is 2.09. The van der Waals surface area contributed by atoms with Crippen LogP contribution in [0.25, 0.3) is 11.0 Å². The summed E-state index contributed by atoms with van der Waals surface area (Å²) in [6.07, 6.45) is 0.193. The van der Waals surface area contributed by atoms with Gasteiger partial charge >= 0.3 is 11.7 Å². The molecule has 0 saturated carbocycles. The molecule has 1 aromatic carbocycles. The minimum absolute atomic E-state index is 0.193. The minimum Gasteiger partial charge on any atom is -0.469 e. The summed E-state index contributed by atoms with van der Waals surface area (Å²) in [6.45, 7) is 4.33. The molecule has 0 unspecified atom stereocenters. The number of para-hydroxylation sites is 2. The molecule has 0 bridgehead atoms. The van der Waals surface area contributed by atoms with Crippen molar-refractivity contribution < 1.29 is 9.53 Å². The molecule has 1 aromatic heterocycles. The molecular weight excluding hydrogens is 232 g/mol. The monoisotopic (exact) mass is 250 g/mol. The van der Waals surface area contributed by atoms with Crippen molar-refractivity contribution in [2.24, 2.45) is 0 Å². The molecule has 0 radical (unpaired) electrons. The lowest BCUT2D eigenvalue weighted by Gasteiger charge is -2.01. The van der Waals surface area contributed by atoms with Gasteiger partial charge in [-0.3, -0.25) is 9.36 Å². The van der Waals surface area contributed by atoms with Crippen molar-refractivity contribution in [3.05, 3.63) is 34.7 Å². The molecule has 0 spiro atoms. The van der Waals surface area contributed by atoms with Gasteiger partial charge in [0, 0.05) is 6.54 Å². The Labute approximate surface area is 105 Å². The average molecular weight is 250 g/mol. The Balaban J connectivity index is 0.000000771. The number of benzene rings is 1. The van der Waals surface area contributed by atoms with Gasteiger partial charge in [-0.2, -0.15) is 0 Å². The number of nitrogens with zero attached hydrogens (tertiary/aromatic N) is 1. The summed E-state index contributed by atoms with van der Waals surface area (Å²) in [5.41, 5.74) is 1.37. The summed E-state index contributed by atoms with van der Waals surface area (Å²) in [6, 6.07) is 7.36. The van der Waals surface area contributed by atoms with Crippen LogP contribution in [0.2, 0.25) is 0 Å². The molecule has 2 rings (SSSR count). The third kappa shape index (κ3) is 3.00. The number of rotatable bonds is 3. The molecule has 0 aliphatic heterocycles. The van der Waals surface area contributed by atoms with Crippen LogP contribution in [0.3, 0.4) is 0 Å². The van der Waals surface area contributed by atoms with Crippen molar-refractivity contribution in [3.8, 4) is 0 Å². The molecule has 5 nitrogen and oxygen atoms in total. The lowest BCUT2D eigenvalue weighted by molar-refractivity contribution is -0.140. The molecule has 1 heterocycles. The van der Waals surface area contributed by atoms with Crippen molar-refractivity contribution in [1.29, 1.82) is 0 Å². The number of fused-ring (bicyclic) bond motifs is 1.